The molecule has 1 amide bonds. The Labute approximate surface area is 164 Å². The summed E-state index contributed by atoms with van der Waals surface area (Å²) in [4.78, 5) is 22.3. The Hall–Kier alpha value is -2.35. The summed E-state index contributed by atoms with van der Waals surface area (Å²) in [5.41, 5.74) is 4.36. The number of hydrogen-bond donors (Lipinski definition) is 0. The molecule has 0 unspecified atom stereocenters. The highest BCUT2D eigenvalue weighted by molar-refractivity contribution is 7.20. The number of carbonyl (C=O) groups is 1. The number of carbonyl (C=O) groups excluding carboxylic acids is 1. The Kier molecular flexibility index (Phi) is 4.90. The summed E-state index contributed by atoms with van der Waals surface area (Å²) in [6.45, 7) is 5.39. The van der Waals surface area contributed by atoms with Crippen LogP contribution in [0.4, 0.5) is 0 Å². The zero-order chi connectivity index (χ0) is 19.0. The average molecular weight is 398 g/mol. The molecule has 0 atom stereocenters. The normalized spacial score (nSPS) is 12.3. The van der Waals surface area contributed by atoms with Crippen LogP contribution in [0.15, 0.2) is 41.4 Å². The first-order valence-corrected chi connectivity index (χ1v) is 10.2. The molecule has 4 rings (SSSR count). The van der Waals surface area contributed by atoms with Crippen LogP contribution in [-0.2, 0) is 11.3 Å². The van der Waals surface area contributed by atoms with E-state index in [-0.39, 0.29) is 5.91 Å². The highest BCUT2D eigenvalue weighted by Crippen LogP contribution is 2.24. The van der Waals surface area contributed by atoms with Crippen LogP contribution in [0.3, 0.4) is 0 Å². The molecule has 27 heavy (non-hydrogen) atoms. The van der Waals surface area contributed by atoms with E-state index in [9.17, 15) is 4.79 Å². The summed E-state index contributed by atoms with van der Waals surface area (Å²) in [7, 11) is 1.67. The van der Waals surface area contributed by atoms with Gasteiger partial charge >= 0.3 is 5.91 Å². The third-order valence-electron chi connectivity index (χ3n) is 4.49. The predicted molar refractivity (Wildman–Crippen MR) is 111 cm³/mol. The Morgan fingerprint density at radius 1 is 1.15 bits per heavy atom. The van der Waals surface area contributed by atoms with Gasteiger partial charge in [-0.25, -0.2) is 4.98 Å². The number of para-hydroxylation sites is 1. The summed E-state index contributed by atoms with van der Waals surface area (Å²) in [5.74, 6) is -0.303. The molecule has 0 aliphatic carbocycles. The number of rotatable bonds is 4. The van der Waals surface area contributed by atoms with Crippen molar-refractivity contribution >= 4 is 49.0 Å². The van der Waals surface area contributed by atoms with Crippen molar-refractivity contribution < 1.29 is 9.53 Å². The van der Waals surface area contributed by atoms with Gasteiger partial charge in [-0.15, -0.1) is 11.3 Å². The molecule has 138 valence electrons. The second-order valence-electron chi connectivity index (χ2n) is 6.34. The van der Waals surface area contributed by atoms with Crippen LogP contribution in [-0.4, -0.2) is 29.2 Å². The molecule has 0 N–H and O–H groups in total. The zero-order valence-corrected chi connectivity index (χ0v) is 17.0. The highest BCUT2D eigenvalue weighted by atomic mass is 32.1. The molecule has 2 heterocycles. The fraction of sp³-hybridized carbons (Fsp3) is 0.250. The molecule has 5 nitrogen and oxygen atoms in total. The second kappa shape index (κ2) is 7.34. The van der Waals surface area contributed by atoms with E-state index in [1.807, 2.05) is 24.3 Å². The molecule has 0 saturated heterocycles. The smallest absolute Gasteiger partial charge is 0.308 e. The van der Waals surface area contributed by atoms with Crippen molar-refractivity contribution in [3.8, 4) is 0 Å². The van der Waals surface area contributed by atoms with Crippen molar-refractivity contribution in [2.24, 2.45) is 4.99 Å². The van der Waals surface area contributed by atoms with Crippen LogP contribution in [0, 0.1) is 13.8 Å². The van der Waals surface area contributed by atoms with E-state index in [4.69, 9.17) is 4.74 Å². The van der Waals surface area contributed by atoms with Gasteiger partial charge in [-0.1, -0.05) is 23.5 Å². The van der Waals surface area contributed by atoms with Crippen LogP contribution < -0.4 is 4.80 Å². The number of fused-ring (bicyclic) bond motifs is 2. The first-order chi connectivity index (χ1) is 13.1. The maximum absolute atomic E-state index is 12.8. The number of aryl methyl sites for hydroxylation is 2. The van der Waals surface area contributed by atoms with Gasteiger partial charge in [0.1, 0.15) is 0 Å². The van der Waals surface area contributed by atoms with Gasteiger partial charge in [-0.3, -0.25) is 4.79 Å². The Morgan fingerprint density at radius 2 is 1.93 bits per heavy atom. The van der Waals surface area contributed by atoms with Crippen molar-refractivity contribution in [3.05, 3.63) is 57.3 Å². The molecule has 4 aromatic rings. The topological polar surface area (TPSA) is 56.5 Å². The first kappa shape index (κ1) is 18.0. The fourth-order valence-electron chi connectivity index (χ4n) is 2.90. The predicted octanol–water partition coefficient (Wildman–Crippen LogP) is 4.32. The number of thiazole rings is 2. The van der Waals surface area contributed by atoms with Gasteiger partial charge in [0, 0.05) is 13.7 Å². The van der Waals surface area contributed by atoms with Gasteiger partial charge in [0.15, 0.2) is 9.81 Å². The lowest BCUT2D eigenvalue weighted by Gasteiger charge is -2.06. The third-order valence-corrected chi connectivity index (χ3v) is 6.56. The molecule has 0 spiro atoms. The number of hydrogen-bond acceptors (Lipinski definition) is 5. The lowest BCUT2D eigenvalue weighted by molar-refractivity contribution is 0.0997. The van der Waals surface area contributed by atoms with Crippen molar-refractivity contribution in [1.29, 1.82) is 0 Å². The van der Waals surface area contributed by atoms with Gasteiger partial charge in [-0.05, 0) is 49.2 Å². The minimum Gasteiger partial charge on any atom is -0.383 e. The molecule has 7 heteroatoms. The highest BCUT2D eigenvalue weighted by Gasteiger charge is 2.14. The van der Waals surface area contributed by atoms with E-state index in [2.05, 4.69) is 40.5 Å². The van der Waals surface area contributed by atoms with Gasteiger partial charge in [0.2, 0.25) is 0 Å². The second-order valence-corrected chi connectivity index (χ2v) is 8.38. The summed E-state index contributed by atoms with van der Waals surface area (Å²) >= 11 is 2.90. The maximum Gasteiger partial charge on any atom is 0.308 e. The van der Waals surface area contributed by atoms with Crippen molar-refractivity contribution in [3.63, 3.8) is 0 Å². The number of methoxy groups -OCH3 is 1. The van der Waals surface area contributed by atoms with Crippen LogP contribution >= 0.6 is 22.7 Å². The van der Waals surface area contributed by atoms with Gasteiger partial charge in [-0.2, -0.15) is 4.99 Å². The molecule has 0 bridgehead atoms. The summed E-state index contributed by atoms with van der Waals surface area (Å²) in [5, 5.41) is 0.416. The quantitative estimate of drug-likeness (QED) is 0.515. The van der Waals surface area contributed by atoms with Crippen molar-refractivity contribution in [1.82, 2.24) is 9.55 Å². The standard InChI is InChI=1S/C20H19N3O2S2/c1-12-10-15-17(11-13(12)2)27-20(23(15)8-9-25-3)22-18(24)19-21-14-6-4-5-7-16(14)26-19/h4-7,10-11H,8-9H2,1-3H3. The van der Waals surface area contributed by atoms with Gasteiger partial charge < -0.3 is 9.30 Å². The fourth-order valence-corrected chi connectivity index (χ4v) is 4.89. The SMILES string of the molecule is COCCn1c(=NC(=O)c2nc3ccccc3s2)sc2cc(C)c(C)cc21. The Morgan fingerprint density at radius 3 is 2.70 bits per heavy atom. The minimum atomic E-state index is -0.303. The van der Waals surface area contributed by atoms with Gasteiger partial charge in [0.05, 0.1) is 27.0 Å². The van der Waals surface area contributed by atoms with Crippen LogP contribution in [0.5, 0.6) is 0 Å². The number of benzene rings is 2. The van der Waals surface area contributed by atoms with E-state index < -0.39 is 0 Å². The number of ether oxygens (including phenoxy) is 1. The lowest BCUT2D eigenvalue weighted by atomic mass is 10.1. The van der Waals surface area contributed by atoms with E-state index in [1.165, 1.54) is 33.8 Å². The maximum atomic E-state index is 12.8. The molecule has 0 aliphatic rings. The largest absolute Gasteiger partial charge is 0.383 e. The number of amides is 1. The third kappa shape index (κ3) is 3.45. The van der Waals surface area contributed by atoms with E-state index in [0.717, 1.165) is 20.4 Å². The molecule has 0 saturated carbocycles. The molecule has 2 aromatic carbocycles. The van der Waals surface area contributed by atoms with Crippen molar-refractivity contribution in [2.45, 2.75) is 20.4 Å². The molecule has 2 aromatic heterocycles. The van der Waals surface area contributed by atoms with Crippen LogP contribution in [0.2, 0.25) is 0 Å². The number of aromatic nitrogens is 2. The van der Waals surface area contributed by atoms with Gasteiger partial charge in [0.25, 0.3) is 0 Å². The molecular formula is C20H19N3O2S2. The molecule has 0 radical (unpaired) electrons. The zero-order valence-electron chi connectivity index (χ0n) is 15.4. The van der Waals surface area contributed by atoms with E-state index in [0.29, 0.717) is 23.0 Å². The first-order valence-electron chi connectivity index (χ1n) is 8.61. The Bertz CT molecular complexity index is 1180. The molecule has 0 fully saturated rings. The summed E-state index contributed by atoms with van der Waals surface area (Å²) in [6.07, 6.45) is 0. The number of nitrogens with zero attached hydrogens (tertiary/aromatic N) is 3. The van der Waals surface area contributed by atoms with E-state index >= 15 is 0 Å². The molecular weight excluding hydrogens is 378 g/mol. The van der Waals surface area contributed by atoms with Crippen molar-refractivity contribution in [2.75, 3.05) is 13.7 Å². The summed E-state index contributed by atoms with van der Waals surface area (Å²) < 4.78 is 9.41. The van der Waals surface area contributed by atoms with Crippen LogP contribution in [0.25, 0.3) is 20.4 Å². The monoisotopic (exact) mass is 397 g/mol. The Balaban J connectivity index is 1.84. The lowest BCUT2D eigenvalue weighted by Crippen LogP contribution is -2.19. The molecule has 0 aliphatic heterocycles. The van der Waals surface area contributed by atoms with Crippen LogP contribution in [0.1, 0.15) is 20.9 Å². The minimum absolute atomic E-state index is 0.303. The average Bonchev–Trinajstić information content (AvgIpc) is 3.22. The van der Waals surface area contributed by atoms with E-state index in [1.54, 1.807) is 7.11 Å². The summed E-state index contributed by atoms with van der Waals surface area (Å²) in [6, 6.07) is 12.0.